The van der Waals surface area contributed by atoms with Gasteiger partial charge in [-0.25, -0.2) is 9.59 Å². The van der Waals surface area contributed by atoms with Crippen LogP contribution in [0.4, 0.5) is 10.5 Å². The van der Waals surface area contributed by atoms with Crippen LogP contribution in [0.1, 0.15) is 51.9 Å². The summed E-state index contributed by atoms with van der Waals surface area (Å²) in [6, 6.07) is 4.74. The molecule has 1 aromatic heterocycles. The van der Waals surface area contributed by atoms with E-state index in [1.807, 2.05) is 5.37 Å². The monoisotopic (exact) mass is 432 g/mol. The number of rotatable bonds is 9. The van der Waals surface area contributed by atoms with Gasteiger partial charge in [0, 0.05) is 5.69 Å². The van der Waals surface area contributed by atoms with E-state index in [-0.39, 0.29) is 12.7 Å². The molecule has 8 heteroatoms. The van der Waals surface area contributed by atoms with E-state index in [4.69, 9.17) is 26.1 Å². The Kier molecular flexibility index (Phi) is 8.19. The van der Waals surface area contributed by atoms with Crippen molar-refractivity contribution in [3.8, 4) is 6.08 Å². The number of hydrogen-bond acceptors (Lipinski definition) is 7. The summed E-state index contributed by atoms with van der Waals surface area (Å²) >= 11 is 5.05. The van der Waals surface area contributed by atoms with E-state index in [0.29, 0.717) is 29.1 Å². The van der Waals surface area contributed by atoms with Crippen molar-refractivity contribution in [3.05, 3.63) is 28.6 Å². The summed E-state index contributed by atoms with van der Waals surface area (Å²) in [4.78, 5) is 28.0. The number of aromatic nitrogens is 1. The number of unbranched alkanes of at least 4 members (excludes halogenated alkanes) is 1. The third-order valence-electron chi connectivity index (χ3n) is 5.45. The maximum atomic E-state index is 12.2. The zero-order valence-corrected chi connectivity index (χ0v) is 18.0. The molecule has 0 aliphatic heterocycles. The predicted molar refractivity (Wildman–Crippen MR) is 119 cm³/mol. The predicted octanol–water partition coefficient (Wildman–Crippen LogP) is 5.11. The van der Waals surface area contributed by atoms with Crippen molar-refractivity contribution in [2.45, 2.75) is 51.9 Å². The molecule has 1 amide bonds. The Bertz CT molecular complexity index is 921. The Morgan fingerprint density at radius 3 is 2.83 bits per heavy atom. The summed E-state index contributed by atoms with van der Waals surface area (Å²) in [5.74, 6) is 1.40. The van der Waals surface area contributed by atoms with Crippen LogP contribution in [0.3, 0.4) is 0 Å². The first-order valence-electron chi connectivity index (χ1n) is 10.6. The fraction of sp³-hybridized carbons (Fsp3) is 0.545. The van der Waals surface area contributed by atoms with Crippen LogP contribution in [-0.4, -0.2) is 29.7 Å². The minimum Gasteiger partial charge on any atom is -0.450 e. The van der Waals surface area contributed by atoms with Crippen molar-refractivity contribution < 1.29 is 18.7 Å². The van der Waals surface area contributed by atoms with E-state index < -0.39 is 11.7 Å². The van der Waals surface area contributed by atoms with Crippen LogP contribution in [0.15, 0.2) is 27.4 Å². The van der Waals surface area contributed by atoms with E-state index in [2.05, 4.69) is 10.3 Å². The molecule has 3 rings (SSSR count). The van der Waals surface area contributed by atoms with Gasteiger partial charge in [0.05, 0.1) is 24.1 Å². The Hall–Kier alpha value is -2.48. The highest BCUT2D eigenvalue weighted by molar-refractivity contribution is 7.79. The normalized spacial score (nSPS) is 18.7. The third kappa shape index (κ3) is 6.26. The molecule has 0 unspecified atom stereocenters. The van der Waals surface area contributed by atoms with Crippen molar-refractivity contribution >= 4 is 40.3 Å². The number of amides is 1. The second kappa shape index (κ2) is 11.1. The Morgan fingerprint density at radius 2 is 2.10 bits per heavy atom. The lowest BCUT2D eigenvalue weighted by atomic mass is 9.81. The minimum absolute atomic E-state index is 0.0534. The molecular weight excluding hydrogens is 404 g/mol. The highest BCUT2D eigenvalue weighted by atomic mass is 32.1. The van der Waals surface area contributed by atoms with Crippen molar-refractivity contribution in [1.82, 2.24) is 4.98 Å². The summed E-state index contributed by atoms with van der Waals surface area (Å²) in [5.41, 5.74) is 0.354. The molecule has 2 aromatic rings. The molecule has 1 aliphatic rings. The zero-order chi connectivity index (χ0) is 21.3. The molecule has 0 bridgehead atoms. The van der Waals surface area contributed by atoms with Crippen molar-refractivity contribution in [2.24, 2.45) is 11.8 Å². The number of nitrogens with one attached hydrogen (secondary N) is 1. The maximum Gasteiger partial charge on any atom is 0.411 e. The van der Waals surface area contributed by atoms with E-state index >= 15 is 0 Å². The van der Waals surface area contributed by atoms with Crippen LogP contribution >= 0.6 is 12.2 Å². The van der Waals surface area contributed by atoms with Crippen molar-refractivity contribution in [1.29, 1.82) is 0 Å². The summed E-state index contributed by atoms with van der Waals surface area (Å²) in [5, 5.41) is 4.83. The van der Waals surface area contributed by atoms with Gasteiger partial charge in [0.1, 0.15) is 0 Å². The van der Waals surface area contributed by atoms with Crippen molar-refractivity contribution in [3.63, 3.8) is 0 Å². The highest BCUT2D eigenvalue weighted by Gasteiger charge is 2.19. The second-order valence-electron chi connectivity index (χ2n) is 7.61. The first-order chi connectivity index (χ1) is 14.6. The molecule has 1 aliphatic carbocycles. The lowest BCUT2D eigenvalue weighted by molar-refractivity contribution is 0.168. The van der Waals surface area contributed by atoms with Crippen LogP contribution in [-0.2, 0) is 4.74 Å². The van der Waals surface area contributed by atoms with Gasteiger partial charge >= 0.3 is 17.8 Å². The molecule has 1 fully saturated rings. The van der Waals surface area contributed by atoms with E-state index in [1.165, 1.54) is 32.1 Å². The van der Waals surface area contributed by atoms with Gasteiger partial charge in [-0.1, -0.05) is 18.6 Å². The van der Waals surface area contributed by atoms with Crippen LogP contribution in [0, 0.1) is 11.8 Å². The number of carbonyl (C=O) groups excluding carboxylic acids is 1. The molecule has 1 heterocycles. The SMILES string of the molecule is CCOC(=O)Nc1ccc2c(=O)oc(OCCCCC3CCC(C=S)CC3)nc2c1. The average molecular weight is 433 g/mol. The van der Waals surface area contributed by atoms with Gasteiger partial charge in [0.15, 0.2) is 0 Å². The standard InChI is InChI=1S/C22H28N2O5S/c1-2-27-21(26)23-17-10-11-18-19(13-17)24-22(29-20(18)25)28-12-4-3-5-15-6-8-16(14-30)9-7-15/h10-11,13-16H,2-9,12H2,1H3,(H,23,26). The van der Waals surface area contributed by atoms with Gasteiger partial charge in [-0.05, 0) is 80.9 Å². The molecule has 0 radical (unpaired) electrons. The molecule has 162 valence electrons. The smallest absolute Gasteiger partial charge is 0.411 e. The number of anilines is 1. The fourth-order valence-electron chi connectivity index (χ4n) is 3.78. The zero-order valence-electron chi connectivity index (χ0n) is 17.2. The average Bonchev–Trinajstić information content (AvgIpc) is 2.74. The number of fused-ring (bicyclic) bond motifs is 1. The summed E-state index contributed by atoms with van der Waals surface area (Å²) in [7, 11) is 0. The molecule has 1 aromatic carbocycles. The Balaban J connectivity index is 1.50. The van der Waals surface area contributed by atoms with Gasteiger partial charge in [0.2, 0.25) is 0 Å². The van der Waals surface area contributed by atoms with Gasteiger partial charge < -0.3 is 13.9 Å². The van der Waals surface area contributed by atoms with Gasteiger partial charge in [0.25, 0.3) is 0 Å². The van der Waals surface area contributed by atoms with Crippen LogP contribution in [0.25, 0.3) is 10.9 Å². The number of thiocarbonyl (C=S) groups is 1. The fourth-order valence-corrected chi connectivity index (χ4v) is 4.06. The summed E-state index contributed by atoms with van der Waals surface area (Å²) in [6.07, 6.45) is 7.44. The highest BCUT2D eigenvalue weighted by Crippen LogP contribution is 2.31. The van der Waals surface area contributed by atoms with E-state index in [1.54, 1.807) is 25.1 Å². The molecule has 1 N–H and O–H groups in total. The summed E-state index contributed by atoms with van der Waals surface area (Å²) < 4.78 is 15.6. The maximum absolute atomic E-state index is 12.2. The first kappa shape index (κ1) is 22.2. The number of nitrogens with zero attached hydrogens (tertiary/aromatic N) is 1. The largest absolute Gasteiger partial charge is 0.450 e. The van der Waals surface area contributed by atoms with Gasteiger partial charge in [-0.15, -0.1) is 0 Å². The molecule has 0 saturated heterocycles. The summed E-state index contributed by atoms with van der Waals surface area (Å²) in [6.45, 7) is 2.44. The number of ether oxygens (including phenoxy) is 2. The lowest BCUT2D eigenvalue weighted by Gasteiger charge is -2.26. The second-order valence-corrected chi connectivity index (χ2v) is 7.88. The van der Waals surface area contributed by atoms with Crippen LogP contribution in [0.2, 0.25) is 0 Å². The first-order valence-corrected chi connectivity index (χ1v) is 11.0. The molecule has 7 nitrogen and oxygen atoms in total. The van der Waals surface area contributed by atoms with Gasteiger partial charge in [-0.2, -0.15) is 4.98 Å². The Labute approximate surface area is 181 Å². The molecular formula is C22H28N2O5S. The molecule has 0 atom stereocenters. The number of hydrogen-bond donors (Lipinski definition) is 1. The lowest BCUT2D eigenvalue weighted by Crippen LogP contribution is -2.15. The topological polar surface area (TPSA) is 90.7 Å². The quantitative estimate of drug-likeness (QED) is 0.435. The number of carbonyl (C=O) groups is 1. The molecule has 30 heavy (non-hydrogen) atoms. The van der Waals surface area contributed by atoms with E-state index in [9.17, 15) is 9.59 Å². The van der Waals surface area contributed by atoms with Crippen molar-refractivity contribution in [2.75, 3.05) is 18.5 Å². The third-order valence-corrected chi connectivity index (χ3v) is 5.83. The minimum atomic E-state index is -0.563. The van der Waals surface area contributed by atoms with Crippen LogP contribution < -0.4 is 15.7 Å². The van der Waals surface area contributed by atoms with E-state index in [0.717, 1.165) is 18.8 Å². The van der Waals surface area contributed by atoms with Gasteiger partial charge in [-0.3, -0.25) is 5.32 Å². The Morgan fingerprint density at radius 1 is 1.30 bits per heavy atom. The number of benzene rings is 1. The molecule has 0 spiro atoms. The molecule has 1 saturated carbocycles. The van der Waals surface area contributed by atoms with Crippen LogP contribution in [0.5, 0.6) is 6.08 Å².